The van der Waals surface area contributed by atoms with E-state index < -0.39 is 0 Å². The van der Waals surface area contributed by atoms with Crippen molar-refractivity contribution in [3.8, 4) is 0 Å². The molecular formula is C16H28N4O3. The Morgan fingerprint density at radius 2 is 2.00 bits per heavy atom. The third kappa shape index (κ3) is 6.73. The first-order chi connectivity index (χ1) is 10.9. The minimum absolute atomic E-state index is 0.0393. The van der Waals surface area contributed by atoms with Gasteiger partial charge in [-0.1, -0.05) is 20.8 Å². The van der Waals surface area contributed by atoms with Crippen LogP contribution >= 0.6 is 0 Å². The Labute approximate surface area is 137 Å². The van der Waals surface area contributed by atoms with E-state index in [-0.39, 0.29) is 17.4 Å². The van der Waals surface area contributed by atoms with Crippen LogP contribution in [0, 0.1) is 5.41 Å². The molecule has 0 aliphatic carbocycles. The number of furan rings is 1. The van der Waals surface area contributed by atoms with Crippen LogP contribution in [0.15, 0.2) is 27.8 Å². The van der Waals surface area contributed by atoms with Gasteiger partial charge in [-0.25, -0.2) is 0 Å². The van der Waals surface area contributed by atoms with Gasteiger partial charge in [0.1, 0.15) is 0 Å². The van der Waals surface area contributed by atoms with Gasteiger partial charge in [0.25, 0.3) is 5.91 Å². The number of carbonyl (C=O) groups excluding carboxylic acids is 1. The van der Waals surface area contributed by atoms with Gasteiger partial charge >= 0.3 is 0 Å². The Morgan fingerprint density at radius 3 is 2.52 bits per heavy atom. The van der Waals surface area contributed by atoms with Crippen LogP contribution in [0.2, 0.25) is 0 Å². The van der Waals surface area contributed by atoms with Crippen LogP contribution in [0.3, 0.4) is 0 Å². The lowest BCUT2D eigenvalue weighted by Gasteiger charge is -2.30. The third-order valence-corrected chi connectivity index (χ3v) is 3.38. The van der Waals surface area contributed by atoms with Crippen molar-refractivity contribution < 1.29 is 13.9 Å². The second-order valence-corrected chi connectivity index (χ2v) is 6.20. The number of carbonyl (C=O) groups is 1. The lowest BCUT2D eigenvalue weighted by atomic mass is 9.89. The van der Waals surface area contributed by atoms with Gasteiger partial charge < -0.3 is 25.1 Å². The van der Waals surface area contributed by atoms with Crippen molar-refractivity contribution in [2.24, 2.45) is 10.4 Å². The molecule has 1 heterocycles. The number of amides is 1. The highest BCUT2D eigenvalue weighted by atomic mass is 16.5. The summed E-state index contributed by atoms with van der Waals surface area (Å²) in [5, 5.41) is 9.13. The van der Waals surface area contributed by atoms with E-state index >= 15 is 0 Å². The van der Waals surface area contributed by atoms with E-state index in [1.165, 1.54) is 6.26 Å². The van der Waals surface area contributed by atoms with E-state index in [9.17, 15) is 4.79 Å². The average Bonchev–Trinajstić information content (AvgIpc) is 3.02. The molecule has 7 heteroatoms. The largest absolute Gasteiger partial charge is 0.459 e. The zero-order valence-corrected chi connectivity index (χ0v) is 14.6. The van der Waals surface area contributed by atoms with E-state index in [4.69, 9.17) is 9.15 Å². The zero-order valence-electron chi connectivity index (χ0n) is 14.6. The Kier molecular flexibility index (Phi) is 7.61. The van der Waals surface area contributed by atoms with Crippen molar-refractivity contribution in [3.63, 3.8) is 0 Å². The molecular weight excluding hydrogens is 296 g/mol. The molecule has 0 fully saturated rings. The second-order valence-electron chi connectivity index (χ2n) is 6.20. The summed E-state index contributed by atoms with van der Waals surface area (Å²) in [6, 6.07) is 3.31. The molecule has 23 heavy (non-hydrogen) atoms. The SMILES string of the molecule is CN=C(NCCNC(=O)c1ccco1)NCC(OC)C(C)(C)C. The molecule has 0 aliphatic rings. The lowest BCUT2D eigenvalue weighted by molar-refractivity contribution is 0.0205. The average molecular weight is 324 g/mol. The van der Waals surface area contributed by atoms with Crippen molar-refractivity contribution in [1.29, 1.82) is 0 Å². The fourth-order valence-corrected chi connectivity index (χ4v) is 2.00. The van der Waals surface area contributed by atoms with Gasteiger partial charge in [-0.3, -0.25) is 9.79 Å². The Morgan fingerprint density at radius 1 is 1.30 bits per heavy atom. The van der Waals surface area contributed by atoms with Gasteiger partial charge in [0.05, 0.1) is 12.4 Å². The topological polar surface area (TPSA) is 87.9 Å². The molecule has 1 amide bonds. The summed E-state index contributed by atoms with van der Waals surface area (Å²) in [5.41, 5.74) is 0.0393. The Balaban J connectivity index is 2.28. The van der Waals surface area contributed by atoms with Crippen LogP contribution in [0.5, 0.6) is 0 Å². The van der Waals surface area contributed by atoms with E-state index in [1.807, 2.05) is 0 Å². The van der Waals surface area contributed by atoms with E-state index in [2.05, 4.69) is 41.7 Å². The van der Waals surface area contributed by atoms with Gasteiger partial charge in [0.15, 0.2) is 11.7 Å². The number of hydrogen-bond acceptors (Lipinski definition) is 4. The predicted molar refractivity (Wildman–Crippen MR) is 90.7 cm³/mol. The molecule has 0 spiro atoms. The molecule has 0 aromatic carbocycles. The third-order valence-electron chi connectivity index (χ3n) is 3.38. The maximum Gasteiger partial charge on any atom is 0.287 e. The summed E-state index contributed by atoms with van der Waals surface area (Å²) in [4.78, 5) is 15.8. The maximum atomic E-state index is 11.7. The monoisotopic (exact) mass is 324 g/mol. The molecule has 3 N–H and O–H groups in total. The molecule has 130 valence electrons. The Hall–Kier alpha value is -2.02. The van der Waals surface area contributed by atoms with Crippen molar-refractivity contribution in [2.75, 3.05) is 33.8 Å². The number of nitrogens with one attached hydrogen (secondary N) is 3. The number of rotatable bonds is 7. The standard InChI is InChI=1S/C16H28N4O3/c1-16(2,3)13(22-5)11-20-15(17-4)19-9-8-18-14(21)12-7-6-10-23-12/h6-7,10,13H,8-9,11H2,1-5H3,(H,18,21)(H2,17,19,20). The fraction of sp³-hybridized carbons (Fsp3) is 0.625. The van der Waals surface area contributed by atoms with Gasteiger partial charge in [0.2, 0.25) is 0 Å². The summed E-state index contributed by atoms with van der Waals surface area (Å²) in [7, 11) is 3.41. The van der Waals surface area contributed by atoms with E-state index in [0.29, 0.717) is 31.4 Å². The van der Waals surface area contributed by atoms with Crippen molar-refractivity contribution in [2.45, 2.75) is 26.9 Å². The molecule has 1 rings (SSSR count). The Bertz CT molecular complexity index is 492. The summed E-state index contributed by atoms with van der Waals surface area (Å²) < 4.78 is 10.5. The number of guanidine groups is 1. The first-order valence-corrected chi connectivity index (χ1v) is 7.67. The van der Waals surface area contributed by atoms with E-state index in [0.717, 1.165) is 0 Å². The highest BCUT2D eigenvalue weighted by molar-refractivity contribution is 5.91. The van der Waals surface area contributed by atoms with Crippen LogP contribution in [0.1, 0.15) is 31.3 Å². The van der Waals surface area contributed by atoms with Gasteiger partial charge in [-0.15, -0.1) is 0 Å². The molecule has 1 atom stereocenters. The van der Waals surface area contributed by atoms with Crippen LogP contribution in [-0.4, -0.2) is 51.8 Å². The highest BCUT2D eigenvalue weighted by Gasteiger charge is 2.24. The summed E-state index contributed by atoms with van der Waals surface area (Å²) in [6.07, 6.45) is 1.54. The van der Waals surface area contributed by atoms with Crippen molar-refractivity contribution in [1.82, 2.24) is 16.0 Å². The number of hydrogen-bond donors (Lipinski definition) is 3. The molecule has 1 aromatic heterocycles. The van der Waals surface area contributed by atoms with Crippen molar-refractivity contribution in [3.05, 3.63) is 24.2 Å². The molecule has 1 aromatic rings. The number of aliphatic imine (C=N–C) groups is 1. The lowest BCUT2D eigenvalue weighted by Crippen LogP contribution is -2.46. The molecule has 1 unspecified atom stereocenters. The number of methoxy groups -OCH3 is 1. The number of nitrogens with zero attached hydrogens (tertiary/aromatic N) is 1. The highest BCUT2D eigenvalue weighted by Crippen LogP contribution is 2.20. The van der Waals surface area contributed by atoms with Crippen LogP contribution in [0.25, 0.3) is 0 Å². The fourth-order valence-electron chi connectivity index (χ4n) is 2.00. The minimum Gasteiger partial charge on any atom is -0.459 e. The van der Waals surface area contributed by atoms with Gasteiger partial charge in [-0.05, 0) is 17.5 Å². The second kappa shape index (κ2) is 9.19. The first kappa shape index (κ1) is 19.0. The van der Waals surface area contributed by atoms with Crippen LogP contribution in [-0.2, 0) is 4.74 Å². The summed E-state index contributed by atoms with van der Waals surface area (Å²) >= 11 is 0. The van der Waals surface area contributed by atoms with Crippen molar-refractivity contribution >= 4 is 11.9 Å². The summed E-state index contributed by atoms with van der Waals surface area (Å²) in [5.74, 6) is 0.746. The molecule has 0 aliphatic heterocycles. The molecule has 0 saturated carbocycles. The molecule has 0 saturated heterocycles. The zero-order chi connectivity index (χ0) is 17.3. The number of ether oxygens (including phenoxy) is 1. The van der Waals surface area contributed by atoms with Gasteiger partial charge in [0, 0.05) is 33.8 Å². The smallest absolute Gasteiger partial charge is 0.287 e. The van der Waals surface area contributed by atoms with Crippen LogP contribution < -0.4 is 16.0 Å². The van der Waals surface area contributed by atoms with E-state index in [1.54, 1.807) is 26.3 Å². The molecule has 0 bridgehead atoms. The quantitative estimate of drug-likeness (QED) is 0.399. The predicted octanol–water partition coefficient (Wildman–Crippen LogP) is 1.24. The first-order valence-electron chi connectivity index (χ1n) is 7.67. The summed E-state index contributed by atoms with van der Waals surface area (Å²) in [6.45, 7) is 8.06. The molecule has 7 nitrogen and oxygen atoms in total. The van der Waals surface area contributed by atoms with Crippen LogP contribution in [0.4, 0.5) is 0 Å². The normalized spacial score (nSPS) is 13.5. The molecule has 0 radical (unpaired) electrons. The maximum absolute atomic E-state index is 11.7. The van der Waals surface area contributed by atoms with Gasteiger partial charge in [-0.2, -0.15) is 0 Å². The minimum atomic E-state index is -0.230.